The van der Waals surface area contributed by atoms with Crippen LogP contribution in [0.3, 0.4) is 0 Å². The molecule has 0 amide bonds. The zero-order valence-electron chi connectivity index (χ0n) is 7.72. The largest absolute Gasteiger partial charge is 0.299 e. The SMILES string of the molecule is Cc1ccc(CC(=O)CCBr)cc1. The maximum absolute atomic E-state index is 11.3. The number of benzene rings is 1. The first-order valence-electron chi connectivity index (χ1n) is 4.35. The average Bonchev–Trinajstić information content (AvgIpc) is 2.09. The second kappa shape index (κ2) is 5.18. The van der Waals surface area contributed by atoms with Crippen molar-refractivity contribution in [3.63, 3.8) is 0 Å². The van der Waals surface area contributed by atoms with Crippen LogP contribution in [0.2, 0.25) is 0 Å². The van der Waals surface area contributed by atoms with Gasteiger partial charge in [-0.2, -0.15) is 0 Å². The summed E-state index contributed by atoms with van der Waals surface area (Å²) in [5.74, 6) is 0.292. The van der Waals surface area contributed by atoms with E-state index in [2.05, 4.69) is 15.9 Å². The molecule has 0 heterocycles. The Hall–Kier alpha value is -0.630. The van der Waals surface area contributed by atoms with E-state index in [1.165, 1.54) is 5.56 Å². The van der Waals surface area contributed by atoms with Gasteiger partial charge >= 0.3 is 0 Å². The Kier molecular flexibility index (Phi) is 4.16. The number of aryl methyl sites for hydroxylation is 1. The Labute approximate surface area is 87.3 Å². The number of carbonyl (C=O) groups excluding carboxylic acids is 1. The molecule has 0 aliphatic carbocycles. The third kappa shape index (κ3) is 3.73. The fourth-order valence-electron chi connectivity index (χ4n) is 1.13. The van der Waals surface area contributed by atoms with E-state index in [0.717, 1.165) is 10.9 Å². The van der Waals surface area contributed by atoms with Crippen LogP contribution in [0.5, 0.6) is 0 Å². The van der Waals surface area contributed by atoms with Crippen LogP contribution in [0.25, 0.3) is 0 Å². The molecule has 0 spiro atoms. The average molecular weight is 241 g/mol. The minimum atomic E-state index is 0.292. The number of halogens is 1. The van der Waals surface area contributed by atoms with Crippen molar-refractivity contribution in [1.29, 1.82) is 0 Å². The molecule has 70 valence electrons. The Morgan fingerprint density at radius 1 is 1.31 bits per heavy atom. The van der Waals surface area contributed by atoms with Gasteiger partial charge in [0.05, 0.1) is 0 Å². The Bertz CT molecular complexity index is 277. The Morgan fingerprint density at radius 2 is 1.92 bits per heavy atom. The second-order valence-electron chi connectivity index (χ2n) is 3.14. The van der Waals surface area contributed by atoms with Crippen molar-refractivity contribution >= 4 is 21.7 Å². The molecule has 1 aromatic rings. The fraction of sp³-hybridized carbons (Fsp3) is 0.364. The molecular formula is C11H13BrO. The van der Waals surface area contributed by atoms with E-state index in [4.69, 9.17) is 0 Å². The van der Waals surface area contributed by atoms with Crippen molar-refractivity contribution in [1.82, 2.24) is 0 Å². The zero-order chi connectivity index (χ0) is 9.68. The molecule has 1 aromatic carbocycles. The molecule has 0 aromatic heterocycles. The van der Waals surface area contributed by atoms with Gasteiger partial charge in [-0.15, -0.1) is 0 Å². The molecular weight excluding hydrogens is 228 g/mol. The van der Waals surface area contributed by atoms with Crippen LogP contribution in [-0.4, -0.2) is 11.1 Å². The number of hydrogen-bond donors (Lipinski definition) is 0. The lowest BCUT2D eigenvalue weighted by molar-refractivity contribution is -0.118. The molecule has 0 fully saturated rings. The zero-order valence-corrected chi connectivity index (χ0v) is 9.30. The summed E-state index contributed by atoms with van der Waals surface area (Å²) in [6.07, 6.45) is 1.18. The summed E-state index contributed by atoms with van der Waals surface area (Å²) in [5, 5.41) is 0.762. The highest BCUT2D eigenvalue weighted by Gasteiger charge is 2.01. The number of rotatable bonds is 4. The van der Waals surface area contributed by atoms with Crippen molar-refractivity contribution in [2.75, 3.05) is 5.33 Å². The summed E-state index contributed by atoms with van der Waals surface area (Å²) in [4.78, 5) is 11.3. The topological polar surface area (TPSA) is 17.1 Å². The number of ketones is 1. The lowest BCUT2D eigenvalue weighted by Crippen LogP contribution is -2.02. The molecule has 0 radical (unpaired) electrons. The molecule has 1 nitrogen and oxygen atoms in total. The predicted molar refractivity (Wildman–Crippen MR) is 58.3 cm³/mol. The minimum absolute atomic E-state index is 0.292. The first-order valence-corrected chi connectivity index (χ1v) is 5.47. The van der Waals surface area contributed by atoms with Gasteiger partial charge < -0.3 is 0 Å². The van der Waals surface area contributed by atoms with E-state index >= 15 is 0 Å². The Morgan fingerprint density at radius 3 is 2.46 bits per heavy atom. The van der Waals surface area contributed by atoms with Crippen LogP contribution in [0.4, 0.5) is 0 Å². The molecule has 0 aliphatic rings. The summed E-state index contributed by atoms with van der Waals surface area (Å²) in [6, 6.07) is 8.11. The normalized spacial score (nSPS) is 10.0. The fourth-order valence-corrected chi connectivity index (χ4v) is 1.57. The highest BCUT2D eigenvalue weighted by atomic mass is 79.9. The molecule has 0 N–H and O–H groups in total. The van der Waals surface area contributed by atoms with Gasteiger partial charge in [-0.25, -0.2) is 0 Å². The van der Waals surface area contributed by atoms with Crippen LogP contribution in [-0.2, 0) is 11.2 Å². The van der Waals surface area contributed by atoms with Gasteiger partial charge in [-0.3, -0.25) is 4.79 Å². The van der Waals surface area contributed by atoms with E-state index in [1.54, 1.807) is 0 Å². The number of carbonyl (C=O) groups is 1. The molecule has 0 saturated heterocycles. The predicted octanol–water partition coefficient (Wildman–Crippen LogP) is 2.89. The van der Waals surface area contributed by atoms with E-state index in [0.29, 0.717) is 18.6 Å². The van der Waals surface area contributed by atoms with Crippen LogP contribution in [0.1, 0.15) is 17.5 Å². The van der Waals surface area contributed by atoms with E-state index < -0.39 is 0 Å². The Balaban J connectivity index is 2.54. The van der Waals surface area contributed by atoms with Gasteiger partial charge in [0.15, 0.2) is 0 Å². The van der Waals surface area contributed by atoms with Gasteiger partial charge in [-0.05, 0) is 12.5 Å². The van der Waals surface area contributed by atoms with Crippen molar-refractivity contribution in [2.24, 2.45) is 0 Å². The molecule has 0 bridgehead atoms. The first kappa shape index (κ1) is 10.5. The highest BCUT2D eigenvalue weighted by molar-refractivity contribution is 9.09. The minimum Gasteiger partial charge on any atom is -0.299 e. The van der Waals surface area contributed by atoms with Crippen molar-refractivity contribution in [3.8, 4) is 0 Å². The summed E-state index contributed by atoms with van der Waals surface area (Å²) < 4.78 is 0. The van der Waals surface area contributed by atoms with Crippen molar-refractivity contribution < 1.29 is 4.79 Å². The summed E-state index contributed by atoms with van der Waals surface area (Å²) in [5.41, 5.74) is 2.34. The van der Waals surface area contributed by atoms with E-state index in [1.807, 2.05) is 31.2 Å². The smallest absolute Gasteiger partial charge is 0.138 e. The van der Waals surface area contributed by atoms with Crippen molar-refractivity contribution in [3.05, 3.63) is 35.4 Å². The van der Waals surface area contributed by atoms with Crippen LogP contribution in [0.15, 0.2) is 24.3 Å². The van der Waals surface area contributed by atoms with Gasteiger partial charge in [0.25, 0.3) is 0 Å². The van der Waals surface area contributed by atoms with Crippen molar-refractivity contribution in [2.45, 2.75) is 19.8 Å². The van der Waals surface area contributed by atoms with E-state index in [9.17, 15) is 4.79 Å². The lowest BCUT2D eigenvalue weighted by atomic mass is 10.1. The summed E-state index contributed by atoms with van der Waals surface area (Å²) in [7, 11) is 0. The molecule has 0 aliphatic heterocycles. The standard InChI is InChI=1S/C11H13BrO/c1-9-2-4-10(5-3-9)8-11(13)6-7-12/h2-5H,6-8H2,1H3. The van der Waals surface area contributed by atoms with Gasteiger partial charge in [0, 0.05) is 18.2 Å². The van der Waals surface area contributed by atoms with Crippen LogP contribution < -0.4 is 0 Å². The number of alkyl halides is 1. The highest BCUT2D eigenvalue weighted by Crippen LogP contribution is 2.05. The van der Waals surface area contributed by atoms with Crippen LogP contribution >= 0.6 is 15.9 Å². The van der Waals surface area contributed by atoms with Crippen LogP contribution in [0, 0.1) is 6.92 Å². The number of Topliss-reactive ketones (excluding diaryl/α,β-unsaturated/α-hetero) is 1. The molecule has 0 unspecified atom stereocenters. The van der Waals surface area contributed by atoms with Gasteiger partial charge in [0.2, 0.25) is 0 Å². The third-order valence-electron chi connectivity index (χ3n) is 1.90. The van der Waals surface area contributed by atoms with Gasteiger partial charge in [0.1, 0.15) is 5.78 Å². The maximum Gasteiger partial charge on any atom is 0.138 e. The molecule has 2 heteroatoms. The van der Waals surface area contributed by atoms with E-state index in [-0.39, 0.29) is 0 Å². The molecule has 0 saturated carbocycles. The molecule has 0 atom stereocenters. The number of hydrogen-bond acceptors (Lipinski definition) is 1. The summed E-state index contributed by atoms with van der Waals surface area (Å²) in [6.45, 7) is 2.05. The maximum atomic E-state index is 11.3. The first-order chi connectivity index (χ1) is 6.22. The monoisotopic (exact) mass is 240 g/mol. The quantitative estimate of drug-likeness (QED) is 0.741. The molecule has 13 heavy (non-hydrogen) atoms. The third-order valence-corrected chi connectivity index (χ3v) is 2.29. The molecule has 1 rings (SSSR count). The second-order valence-corrected chi connectivity index (χ2v) is 3.93. The van der Waals surface area contributed by atoms with Gasteiger partial charge in [-0.1, -0.05) is 45.8 Å². The lowest BCUT2D eigenvalue weighted by Gasteiger charge is -1.99. The summed E-state index contributed by atoms with van der Waals surface area (Å²) >= 11 is 3.25.